The maximum atomic E-state index is 9.64. The fourth-order valence-electron chi connectivity index (χ4n) is 0.881. The van der Waals surface area contributed by atoms with Crippen molar-refractivity contribution in [2.24, 2.45) is 0 Å². The van der Waals surface area contributed by atoms with Crippen molar-refractivity contribution in [3.05, 3.63) is 0 Å². The number of hydrogen-bond acceptors (Lipinski definition) is 3. The molecular weight excluding hydrogens is 198 g/mol. The molecule has 0 spiro atoms. The largest absolute Gasteiger partial charge is 0.481 e. The van der Waals surface area contributed by atoms with Gasteiger partial charge in [-0.3, -0.25) is 9.59 Å². The van der Waals surface area contributed by atoms with Gasteiger partial charge in [0.15, 0.2) is 0 Å². The Labute approximate surface area is 90.5 Å². The number of hydrogen-bond donors (Lipinski definition) is 3. The van der Waals surface area contributed by atoms with E-state index < -0.39 is 11.9 Å². The highest BCUT2D eigenvalue weighted by atomic mass is 16.4. The first-order valence-electron chi connectivity index (χ1n) is 4.95. The van der Waals surface area contributed by atoms with E-state index in [9.17, 15) is 9.59 Å². The number of carbonyl (C=O) groups is 2. The minimum Gasteiger partial charge on any atom is -0.481 e. The number of aliphatic carboxylic acids is 2. The molecule has 0 unspecified atom stereocenters. The Morgan fingerprint density at radius 1 is 0.933 bits per heavy atom. The van der Waals surface area contributed by atoms with E-state index in [0.29, 0.717) is 12.1 Å². The molecule has 0 saturated heterocycles. The molecule has 0 aromatic carbocycles. The average Bonchev–Trinajstić information content (AvgIpc) is 1.99. The van der Waals surface area contributed by atoms with E-state index in [1.54, 1.807) is 0 Å². The summed E-state index contributed by atoms with van der Waals surface area (Å²) in [6.07, 6.45) is -0.593. The van der Waals surface area contributed by atoms with Crippen molar-refractivity contribution in [3.8, 4) is 0 Å². The van der Waals surface area contributed by atoms with Crippen LogP contribution < -0.4 is 5.32 Å². The molecule has 5 nitrogen and oxygen atoms in total. The Bertz CT molecular complexity index is 170. The van der Waals surface area contributed by atoms with E-state index in [1.807, 2.05) is 0 Å². The Morgan fingerprint density at radius 2 is 1.20 bits per heavy atom. The topological polar surface area (TPSA) is 86.6 Å². The van der Waals surface area contributed by atoms with Crippen LogP contribution in [-0.4, -0.2) is 34.2 Å². The van der Waals surface area contributed by atoms with Crippen LogP contribution in [0, 0.1) is 0 Å². The fourth-order valence-corrected chi connectivity index (χ4v) is 0.881. The van der Waals surface area contributed by atoms with Gasteiger partial charge in [0.2, 0.25) is 0 Å². The number of carboxylic acids is 2. The monoisotopic (exact) mass is 219 g/mol. The van der Waals surface area contributed by atoms with E-state index in [0.717, 1.165) is 0 Å². The second kappa shape index (κ2) is 9.45. The van der Waals surface area contributed by atoms with Crippen molar-refractivity contribution < 1.29 is 19.8 Å². The van der Waals surface area contributed by atoms with E-state index in [2.05, 4.69) is 33.0 Å². The zero-order chi connectivity index (χ0) is 12.4. The molecule has 15 heavy (non-hydrogen) atoms. The van der Waals surface area contributed by atoms with E-state index in [4.69, 9.17) is 10.2 Å². The highest BCUT2D eigenvalue weighted by Crippen LogP contribution is 1.86. The SMILES string of the molecule is CC(C)NC(C)C.O=C(O)CCC(=O)O. The summed E-state index contributed by atoms with van der Waals surface area (Å²) in [6, 6.07) is 1.25. The fraction of sp³-hybridized carbons (Fsp3) is 0.800. The first kappa shape index (κ1) is 16.3. The van der Waals surface area contributed by atoms with Crippen LogP contribution in [0.2, 0.25) is 0 Å². The van der Waals surface area contributed by atoms with Crippen LogP contribution in [0.3, 0.4) is 0 Å². The standard InChI is InChI=1S/C6H15N.C4H6O4/c1-5(2)7-6(3)4;5-3(6)1-2-4(7)8/h5-7H,1-4H3;1-2H2,(H,5,6)(H,7,8). The van der Waals surface area contributed by atoms with E-state index in [1.165, 1.54) is 0 Å². The average molecular weight is 219 g/mol. The normalized spacial score (nSPS) is 9.73. The van der Waals surface area contributed by atoms with Gasteiger partial charge in [-0.25, -0.2) is 0 Å². The molecule has 0 atom stereocenters. The second-order valence-corrected chi connectivity index (χ2v) is 3.76. The van der Waals surface area contributed by atoms with Crippen molar-refractivity contribution in [1.29, 1.82) is 0 Å². The van der Waals surface area contributed by atoms with Crippen molar-refractivity contribution in [2.75, 3.05) is 0 Å². The van der Waals surface area contributed by atoms with Crippen LogP contribution in [-0.2, 0) is 9.59 Å². The lowest BCUT2D eigenvalue weighted by atomic mass is 10.3. The van der Waals surface area contributed by atoms with Gasteiger partial charge in [-0.1, -0.05) is 27.7 Å². The van der Waals surface area contributed by atoms with Gasteiger partial charge < -0.3 is 15.5 Å². The summed E-state index contributed by atoms with van der Waals surface area (Å²) in [5.41, 5.74) is 0. The summed E-state index contributed by atoms with van der Waals surface area (Å²) >= 11 is 0. The maximum absolute atomic E-state index is 9.64. The van der Waals surface area contributed by atoms with Gasteiger partial charge in [0.25, 0.3) is 0 Å². The van der Waals surface area contributed by atoms with Crippen molar-refractivity contribution in [3.63, 3.8) is 0 Å². The molecule has 3 N–H and O–H groups in total. The van der Waals surface area contributed by atoms with Gasteiger partial charge in [-0.15, -0.1) is 0 Å². The lowest BCUT2D eigenvalue weighted by Gasteiger charge is -2.10. The van der Waals surface area contributed by atoms with Crippen LogP contribution in [0.25, 0.3) is 0 Å². The molecule has 0 aliphatic carbocycles. The molecule has 0 aliphatic heterocycles. The summed E-state index contributed by atoms with van der Waals surface area (Å²) in [5.74, 6) is -2.15. The summed E-state index contributed by atoms with van der Waals surface area (Å²) < 4.78 is 0. The lowest BCUT2D eigenvalue weighted by molar-refractivity contribution is -0.143. The zero-order valence-electron chi connectivity index (χ0n) is 9.78. The van der Waals surface area contributed by atoms with E-state index in [-0.39, 0.29) is 12.8 Å². The Balaban J connectivity index is 0. The first-order valence-corrected chi connectivity index (χ1v) is 4.95. The third kappa shape index (κ3) is 24.6. The molecule has 0 bridgehead atoms. The predicted molar refractivity (Wildman–Crippen MR) is 57.9 cm³/mol. The van der Waals surface area contributed by atoms with Crippen LogP contribution in [0.1, 0.15) is 40.5 Å². The third-order valence-electron chi connectivity index (χ3n) is 1.22. The second-order valence-electron chi connectivity index (χ2n) is 3.76. The van der Waals surface area contributed by atoms with Crippen molar-refractivity contribution >= 4 is 11.9 Å². The maximum Gasteiger partial charge on any atom is 0.303 e. The Morgan fingerprint density at radius 3 is 1.27 bits per heavy atom. The summed E-state index contributed by atoms with van der Waals surface area (Å²) in [6.45, 7) is 8.61. The van der Waals surface area contributed by atoms with Crippen LogP contribution >= 0.6 is 0 Å². The van der Waals surface area contributed by atoms with Crippen molar-refractivity contribution in [2.45, 2.75) is 52.6 Å². The van der Waals surface area contributed by atoms with Gasteiger partial charge in [-0.2, -0.15) is 0 Å². The van der Waals surface area contributed by atoms with Crippen LogP contribution in [0.5, 0.6) is 0 Å². The lowest BCUT2D eigenvalue weighted by Crippen LogP contribution is -2.29. The molecule has 0 amide bonds. The van der Waals surface area contributed by atoms with Crippen LogP contribution in [0.15, 0.2) is 0 Å². The molecule has 0 heterocycles. The molecule has 0 aliphatic rings. The van der Waals surface area contributed by atoms with Crippen molar-refractivity contribution in [1.82, 2.24) is 5.32 Å². The number of nitrogens with one attached hydrogen (secondary N) is 1. The molecule has 0 radical (unpaired) electrons. The minimum absolute atomic E-state index is 0.296. The highest BCUT2D eigenvalue weighted by molar-refractivity contribution is 5.75. The zero-order valence-corrected chi connectivity index (χ0v) is 9.78. The first-order chi connectivity index (χ1) is 6.75. The number of rotatable bonds is 5. The summed E-state index contributed by atoms with van der Waals surface area (Å²) in [5, 5.41) is 19.1. The van der Waals surface area contributed by atoms with E-state index >= 15 is 0 Å². The molecule has 0 aromatic rings. The highest BCUT2D eigenvalue weighted by Gasteiger charge is 2.00. The molecule has 0 aromatic heterocycles. The Hall–Kier alpha value is -1.10. The quantitative estimate of drug-likeness (QED) is 0.649. The smallest absolute Gasteiger partial charge is 0.303 e. The molecular formula is C10H21NO4. The van der Waals surface area contributed by atoms with Gasteiger partial charge in [0, 0.05) is 12.1 Å². The molecule has 0 fully saturated rings. The third-order valence-corrected chi connectivity index (χ3v) is 1.22. The number of carboxylic acid groups (broad SMARTS) is 2. The molecule has 0 rings (SSSR count). The predicted octanol–water partition coefficient (Wildman–Crippen LogP) is 1.33. The molecule has 5 heteroatoms. The summed E-state index contributed by atoms with van der Waals surface area (Å²) in [4.78, 5) is 19.3. The molecule has 0 saturated carbocycles. The van der Waals surface area contributed by atoms with Gasteiger partial charge >= 0.3 is 11.9 Å². The van der Waals surface area contributed by atoms with Gasteiger partial charge in [-0.05, 0) is 0 Å². The Kier molecular flexibility index (Phi) is 10.3. The van der Waals surface area contributed by atoms with Gasteiger partial charge in [0.05, 0.1) is 12.8 Å². The van der Waals surface area contributed by atoms with Gasteiger partial charge in [0.1, 0.15) is 0 Å². The van der Waals surface area contributed by atoms with Crippen LogP contribution in [0.4, 0.5) is 0 Å². The summed E-state index contributed by atoms with van der Waals surface area (Å²) in [7, 11) is 0. The minimum atomic E-state index is -1.08. The molecule has 90 valence electrons.